The van der Waals surface area contributed by atoms with Crippen molar-refractivity contribution >= 4 is 33.2 Å². The largest absolute Gasteiger partial charge is 0.291 e. The minimum absolute atomic E-state index is 0.0666. The minimum Gasteiger partial charge on any atom is -0.266 e. The maximum Gasteiger partial charge on any atom is 0.291 e. The third-order valence-corrected chi connectivity index (χ3v) is 6.20. The fourth-order valence-corrected chi connectivity index (χ4v) is 4.23. The molecule has 1 aromatic heterocycles. The Bertz CT molecular complexity index is 890. The van der Waals surface area contributed by atoms with Crippen LogP contribution in [0.15, 0.2) is 40.2 Å². The van der Waals surface area contributed by atoms with Gasteiger partial charge in [0.25, 0.3) is 5.56 Å². The van der Waals surface area contributed by atoms with E-state index in [1.165, 1.54) is 34.8 Å². The molecular weight excluding hydrogens is 385 g/mol. The molecule has 136 valence electrons. The molecule has 0 amide bonds. The highest BCUT2D eigenvalue weighted by atomic mass is 35.5. The highest BCUT2D eigenvalue weighted by Gasteiger charge is 2.23. The van der Waals surface area contributed by atoms with E-state index in [-0.39, 0.29) is 14.9 Å². The zero-order chi connectivity index (χ0) is 18.6. The van der Waals surface area contributed by atoms with E-state index < -0.39 is 15.6 Å². The Labute approximate surface area is 157 Å². The quantitative estimate of drug-likeness (QED) is 0.710. The van der Waals surface area contributed by atoms with Gasteiger partial charge in [0.1, 0.15) is 5.02 Å². The van der Waals surface area contributed by atoms with E-state index in [2.05, 4.69) is 5.10 Å². The molecule has 2 rings (SSSR count). The summed E-state index contributed by atoms with van der Waals surface area (Å²) in [6, 6.07) is 5.95. The first-order valence-electron chi connectivity index (χ1n) is 7.86. The second-order valence-electron chi connectivity index (χ2n) is 5.42. The average Bonchev–Trinajstić information content (AvgIpc) is 2.60. The topological polar surface area (TPSA) is 72.3 Å². The number of hydrogen-bond acceptors (Lipinski definition) is 4. The summed E-state index contributed by atoms with van der Waals surface area (Å²) in [6.45, 7) is 4.80. The summed E-state index contributed by atoms with van der Waals surface area (Å²) < 4.78 is 28.0. The summed E-state index contributed by atoms with van der Waals surface area (Å²) >= 11 is 11.6. The second kappa shape index (κ2) is 8.31. The molecule has 0 saturated heterocycles. The normalized spacial score (nSPS) is 11.9. The Hall–Kier alpha value is -1.41. The third kappa shape index (κ3) is 4.23. The molecule has 1 heterocycles. The number of rotatable bonds is 7. The smallest absolute Gasteiger partial charge is 0.266 e. The molecule has 0 bridgehead atoms. The van der Waals surface area contributed by atoms with Crippen molar-refractivity contribution in [1.29, 1.82) is 0 Å². The molecule has 25 heavy (non-hydrogen) atoms. The number of halogens is 2. The lowest BCUT2D eigenvalue weighted by molar-refractivity contribution is 0.410. The lowest BCUT2D eigenvalue weighted by Crippen LogP contribution is -2.32. The van der Waals surface area contributed by atoms with Crippen LogP contribution in [0.3, 0.4) is 0 Å². The average molecular weight is 404 g/mol. The van der Waals surface area contributed by atoms with Crippen LogP contribution in [-0.4, -0.2) is 35.6 Å². The van der Waals surface area contributed by atoms with Gasteiger partial charge >= 0.3 is 0 Å². The van der Waals surface area contributed by atoms with Crippen molar-refractivity contribution in [2.24, 2.45) is 0 Å². The second-order valence-corrected chi connectivity index (χ2v) is 8.14. The van der Waals surface area contributed by atoms with Crippen LogP contribution in [0.1, 0.15) is 26.7 Å². The molecule has 1 aromatic carbocycles. The van der Waals surface area contributed by atoms with Crippen molar-refractivity contribution in [3.05, 3.63) is 50.9 Å². The highest BCUT2D eigenvalue weighted by molar-refractivity contribution is 7.89. The maximum absolute atomic E-state index is 12.7. The first-order chi connectivity index (χ1) is 11.8. The molecule has 0 N–H and O–H groups in total. The van der Waals surface area contributed by atoms with Crippen molar-refractivity contribution < 1.29 is 8.42 Å². The Morgan fingerprint density at radius 1 is 1.08 bits per heavy atom. The van der Waals surface area contributed by atoms with Gasteiger partial charge in [0.2, 0.25) is 10.0 Å². The molecule has 9 heteroatoms. The third-order valence-electron chi connectivity index (χ3n) is 3.54. The van der Waals surface area contributed by atoms with Crippen molar-refractivity contribution in [3.8, 4) is 5.69 Å². The molecule has 0 spiro atoms. The summed E-state index contributed by atoms with van der Waals surface area (Å²) in [5, 5.41) is 3.86. The van der Waals surface area contributed by atoms with Gasteiger partial charge in [-0.15, -0.1) is 0 Å². The number of benzene rings is 1. The molecule has 0 atom stereocenters. The molecule has 6 nitrogen and oxygen atoms in total. The molecule has 0 saturated carbocycles. The maximum atomic E-state index is 12.7. The van der Waals surface area contributed by atoms with E-state index in [0.29, 0.717) is 18.8 Å². The molecule has 0 aliphatic rings. The molecule has 0 radical (unpaired) electrons. The summed E-state index contributed by atoms with van der Waals surface area (Å²) in [5.74, 6) is 0. The Kier molecular flexibility index (Phi) is 6.62. The minimum atomic E-state index is -3.57. The van der Waals surface area contributed by atoms with Crippen molar-refractivity contribution in [3.63, 3.8) is 0 Å². The molecule has 0 fully saturated rings. The van der Waals surface area contributed by atoms with E-state index in [1.54, 1.807) is 0 Å². The molecule has 0 aliphatic heterocycles. The van der Waals surface area contributed by atoms with Crippen LogP contribution in [0.2, 0.25) is 10.0 Å². The summed E-state index contributed by atoms with van der Waals surface area (Å²) in [5.41, 5.74) is -0.164. The van der Waals surface area contributed by atoms with Gasteiger partial charge in [0.15, 0.2) is 0 Å². The molecule has 2 aromatic rings. The summed E-state index contributed by atoms with van der Waals surface area (Å²) in [7, 11) is -3.57. The highest BCUT2D eigenvalue weighted by Crippen LogP contribution is 2.20. The van der Waals surface area contributed by atoms with Crippen LogP contribution in [0, 0.1) is 0 Å². The van der Waals surface area contributed by atoms with Crippen LogP contribution in [-0.2, 0) is 10.0 Å². The van der Waals surface area contributed by atoms with Crippen molar-refractivity contribution in [2.75, 3.05) is 13.1 Å². The molecule has 0 aliphatic carbocycles. The summed E-state index contributed by atoms with van der Waals surface area (Å²) in [4.78, 5) is 12.3. The van der Waals surface area contributed by atoms with Crippen molar-refractivity contribution in [2.45, 2.75) is 31.6 Å². The van der Waals surface area contributed by atoms with Crippen LogP contribution < -0.4 is 5.56 Å². The van der Waals surface area contributed by atoms with Gasteiger partial charge in [0, 0.05) is 13.1 Å². The first kappa shape index (κ1) is 19.9. The Morgan fingerprint density at radius 3 is 2.16 bits per heavy atom. The SMILES string of the molecule is CCCN(CCC)S(=O)(=O)c1ccc(-n2ncc(Cl)c(Cl)c2=O)cc1. The van der Waals surface area contributed by atoms with Crippen molar-refractivity contribution in [1.82, 2.24) is 14.1 Å². The number of nitrogens with zero attached hydrogens (tertiary/aromatic N) is 3. The van der Waals surface area contributed by atoms with Gasteiger partial charge in [-0.2, -0.15) is 14.1 Å². The van der Waals surface area contributed by atoms with Crippen LogP contribution in [0.5, 0.6) is 0 Å². The number of sulfonamides is 1. The van der Waals surface area contributed by atoms with Gasteiger partial charge in [-0.1, -0.05) is 37.0 Å². The fraction of sp³-hybridized carbons (Fsp3) is 0.375. The molecular formula is C16H19Cl2N3O3S. The van der Waals surface area contributed by atoms with E-state index in [1.807, 2.05) is 13.8 Å². The monoisotopic (exact) mass is 403 g/mol. The number of hydrogen-bond donors (Lipinski definition) is 0. The van der Waals surface area contributed by atoms with Gasteiger partial charge in [-0.05, 0) is 37.1 Å². The zero-order valence-corrected chi connectivity index (χ0v) is 16.3. The van der Waals surface area contributed by atoms with Gasteiger partial charge in [-0.25, -0.2) is 8.42 Å². The van der Waals surface area contributed by atoms with Gasteiger partial charge in [0.05, 0.1) is 21.8 Å². The fourth-order valence-electron chi connectivity index (χ4n) is 2.36. The van der Waals surface area contributed by atoms with Crippen LogP contribution in [0.4, 0.5) is 0 Å². The van der Waals surface area contributed by atoms with E-state index in [0.717, 1.165) is 17.5 Å². The van der Waals surface area contributed by atoms with Gasteiger partial charge in [-0.3, -0.25) is 4.79 Å². The van der Waals surface area contributed by atoms with Crippen LogP contribution >= 0.6 is 23.2 Å². The Morgan fingerprint density at radius 2 is 1.64 bits per heavy atom. The van der Waals surface area contributed by atoms with Gasteiger partial charge < -0.3 is 0 Å². The molecule has 0 unspecified atom stereocenters. The van der Waals surface area contributed by atoms with Crippen LogP contribution in [0.25, 0.3) is 5.69 Å². The predicted octanol–water partition coefficient (Wildman–Crippen LogP) is 3.35. The lowest BCUT2D eigenvalue weighted by atomic mass is 10.3. The van der Waals surface area contributed by atoms with E-state index in [9.17, 15) is 13.2 Å². The number of aromatic nitrogens is 2. The Balaban J connectivity index is 2.40. The predicted molar refractivity (Wildman–Crippen MR) is 99.2 cm³/mol. The van der Waals surface area contributed by atoms with E-state index in [4.69, 9.17) is 23.2 Å². The lowest BCUT2D eigenvalue weighted by Gasteiger charge is -2.21. The first-order valence-corrected chi connectivity index (χ1v) is 10.1. The summed E-state index contributed by atoms with van der Waals surface area (Å²) in [6.07, 6.45) is 2.74. The zero-order valence-electron chi connectivity index (χ0n) is 13.9. The standard InChI is InChI=1S/C16H19Cl2N3O3S/c1-3-9-20(10-4-2)25(23,24)13-7-5-12(6-8-13)21-16(22)15(18)14(17)11-19-21/h5-8,11H,3-4,9-10H2,1-2H3. The van der Waals surface area contributed by atoms with E-state index >= 15 is 0 Å².